The zero-order chi connectivity index (χ0) is 8.43. The maximum atomic E-state index is 10.1. The minimum Gasteiger partial charge on any atom is -0.450 e. The van der Waals surface area contributed by atoms with E-state index in [4.69, 9.17) is 9.84 Å². The van der Waals surface area contributed by atoms with Gasteiger partial charge in [-0.15, -0.1) is 0 Å². The average molecular weight is 160 g/mol. The van der Waals surface area contributed by atoms with E-state index >= 15 is 0 Å². The molecular weight excluding hydrogens is 148 g/mol. The molecule has 1 aliphatic heterocycles. The van der Waals surface area contributed by atoms with Gasteiger partial charge in [-0.3, -0.25) is 0 Å². The molecular formula is C7H12O4. The third-order valence-corrected chi connectivity index (χ3v) is 2.10. The number of carboxylic acid groups (broad SMARTS) is 1. The second-order valence-electron chi connectivity index (χ2n) is 2.82. The Morgan fingerprint density at radius 1 is 1.64 bits per heavy atom. The van der Waals surface area contributed by atoms with Gasteiger partial charge in [-0.2, -0.15) is 0 Å². The number of rotatable bonds is 1. The van der Waals surface area contributed by atoms with Crippen LogP contribution in [-0.4, -0.2) is 30.1 Å². The van der Waals surface area contributed by atoms with Crippen LogP contribution in [0.5, 0.6) is 0 Å². The van der Waals surface area contributed by atoms with Crippen LogP contribution in [0.25, 0.3) is 0 Å². The number of hydrogen-bond donors (Lipinski definition) is 1. The van der Waals surface area contributed by atoms with E-state index in [0.29, 0.717) is 6.61 Å². The molecule has 0 aromatic rings. The lowest BCUT2D eigenvalue weighted by Crippen LogP contribution is -2.24. The lowest BCUT2D eigenvalue weighted by atomic mass is 10.0. The molecule has 1 saturated heterocycles. The van der Waals surface area contributed by atoms with E-state index in [1.165, 1.54) is 0 Å². The molecule has 3 unspecified atom stereocenters. The van der Waals surface area contributed by atoms with Crippen LogP contribution in [0.1, 0.15) is 13.8 Å². The van der Waals surface area contributed by atoms with Crippen LogP contribution >= 0.6 is 0 Å². The van der Waals surface area contributed by atoms with Crippen molar-refractivity contribution < 1.29 is 19.4 Å². The summed E-state index contributed by atoms with van der Waals surface area (Å²) in [5.41, 5.74) is 0. The standard InChI is InChI=1S/C7H12O4/c1-4-5(2)10-3-6(4)11-7(8)9/h4-6H,3H2,1-2H3,(H,8,9). The normalized spacial score (nSPS) is 37.1. The topological polar surface area (TPSA) is 55.8 Å². The summed E-state index contributed by atoms with van der Waals surface area (Å²) in [4.78, 5) is 10.1. The highest BCUT2D eigenvalue weighted by Crippen LogP contribution is 2.22. The molecule has 4 heteroatoms. The Kier molecular flexibility index (Phi) is 2.34. The maximum Gasteiger partial charge on any atom is 0.506 e. The Morgan fingerprint density at radius 2 is 2.27 bits per heavy atom. The van der Waals surface area contributed by atoms with Crippen LogP contribution in [0.4, 0.5) is 4.79 Å². The Balaban J connectivity index is 2.42. The minimum atomic E-state index is -1.22. The maximum absolute atomic E-state index is 10.1. The average Bonchev–Trinajstić information content (AvgIpc) is 2.18. The molecule has 1 N–H and O–H groups in total. The van der Waals surface area contributed by atoms with Gasteiger partial charge >= 0.3 is 6.16 Å². The van der Waals surface area contributed by atoms with Crippen molar-refractivity contribution in [3.05, 3.63) is 0 Å². The Labute approximate surface area is 65.1 Å². The fourth-order valence-corrected chi connectivity index (χ4v) is 1.12. The first kappa shape index (κ1) is 8.33. The van der Waals surface area contributed by atoms with Crippen LogP contribution in [0.2, 0.25) is 0 Å². The van der Waals surface area contributed by atoms with Crippen molar-refractivity contribution in [2.75, 3.05) is 6.61 Å². The summed E-state index contributed by atoms with van der Waals surface area (Å²) >= 11 is 0. The number of carbonyl (C=O) groups is 1. The largest absolute Gasteiger partial charge is 0.506 e. The molecule has 1 fully saturated rings. The lowest BCUT2D eigenvalue weighted by molar-refractivity contribution is 0.0355. The van der Waals surface area contributed by atoms with E-state index in [1.807, 2.05) is 13.8 Å². The third kappa shape index (κ3) is 1.83. The monoisotopic (exact) mass is 160 g/mol. The van der Waals surface area contributed by atoms with Gasteiger partial charge in [0.15, 0.2) is 0 Å². The first-order valence-corrected chi connectivity index (χ1v) is 3.62. The molecule has 1 heterocycles. The van der Waals surface area contributed by atoms with Gasteiger partial charge in [0.05, 0.1) is 12.7 Å². The van der Waals surface area contributed by atoms with Gasteiger partial charge in [-0.25, -0.2) is 4.79 Å². The summed E-state index contributed by atoms with van der Waals surface area (Å²) in [5.74, 6) is 0.158. The van der Waals surface area contributed by atoms with Gasteiger partial charge in [0.2, 0.25) is 0 Å². The second-order valence-corrected chi connectivity index (χ2v) is 2.82. The first-order valence-electron chi connectivity index (χ1n) is 3.62. The van der Waals surface area contributed by atoms with Crippen molar-refractivity contribution in [2.45, 2.75) is 26.1 Å². The van der Waals surface area contributed by atoms with Gasteiger partial charge in [0.25, 0.3) is 0 Å². The fourth-order valence-electron chi connectivity index (χ4n) is 1.12. The lowest BCUT2D eigenvalue weighted by Gasteiger charge is -2.13. The van der Waals surface area contributed by atoms with Crippen molar-refractivity contribution in [3.8, 4) is 0 Å². The van der Waals surface area contributed by atoms with E-state index in [1.54, 1.807) is 0 Å². The minimum absolute atomic E-state index is 0.0966. The van der Waals surface area contributed by atoms with Crippen molar-refractivity contribution in [1.82, 2.24) is 0 Å². The molecule has 1 rings (SSSR count). The van der Waals surface area contributed by atoms with Gasteiger partial charge < -0.3 is 14.6 Å². The Bertz CT molecular complexity index is 157. The summed E-state index contributed by atoms with van der Waals surface area (Å²) in [6, 6.07) is 0. The molecule has 11 heavy (non-hydrogen) atoms. The summed E-state index contributed by atoms with van der Waals surface area (Å²) in [6.45, 7) is 4.22. The summed E-state index contributed by atoms with van der Waals surface area (Å²) < 4.78 is 9.78. The zero-order valence-corrected chi connectivity index (χ0v) is 6.61. The highest BCUT2D eigenvalue weighted by atomic mass is 16.7. The van der Waals surface area contributed by atoms with Crippen molar-refractivity contribution in [3.63, 3.8) is 0 Å². The van der Waals surface area contributed by atoms with Crippen LogP contribution in [0.3, 0.4) is 0 Å². The van der Waals surface area contributed by atoms with Crippen LogP contribution in [0.15, 0.2) is 0 Å². The predicted octanol–water partition coefficient (Wildman–Crippen LogP) is 1.10. The van der Waals surface area contributed by atoms with Gasteiger partial charge in [-0.1, -0.05) is 6.92 Å². The predicted molar refractivity (Wildman–Crippen MR) is 37.5 cm³/mol. The van der Waals surface area contributed by atoms with Gasteiger partial charge in [0, 0.05) is 5.92 Å². The Hall–Kier alpha value is -0.770. The SMILES string of the molecule is CC1OCC(OC(=O)O)C1C. The molecule has 3 atom stereocenters. The third-order valence-electron chi connectivity index (χ3n) is 2.10. The van der Waals surface area contributed by atoms with Crippen LogP contribution in [-0.2, 0) is 9.47 Å². The molecule has 0 bridgehead atoms. The van der Waals surface area contributed by atoms with E-state index in [0.717, 1.165) is 0 Å². The second kappa shape index (κ2) is 3.09. The number of ether oxygens (including phenoxy) is 2. The molecule has 0 amide bonds. The van der Waals surface area contributed by atoms with E-state index in [9.17, 15) is 4.79 Å². The van der Waals surface area contributed by atoms with Crippen LogP contribution < -0.4 is 0 Å². The summed E-state index contributed by atoms with van der Waals surface area (Å²) in [7, 11) is 0. The Morgan fingerprint density at radius 3 is 2.64 bits per heavy atom. The smallest absolute Gasteiger partial charge is 0.450 e. The summed E-state index contributed by atoms with van der Waals surface area (Å²) in [5, 5.41) is 8.30. The van der Waals surface area contributed by atoms with Crippen molar-refractivity contribution in [2.24, 2.45) is 5.92 Å². The molecule has 4 nitrogen and oxygen atoms in total. The van der Waals surface area contributed by atoms with E-state index < -0.39 is 6.16 Å². The van der Waals surface area contributed by atoms with Gasteiger partial charge in [-0.05, 0) is 6.92 Å². The zero-order valence-electron chi connectivity index (χ0n) is 6.61. The fraction of sp³-hybridized carbons (Fsp3) is 0.857. The molecule has 0 spiro atoms. The molecule has 64 valence electrons. The molecule has 0 aliphatic carbocycles. The van der Waals surface area contributed by atoms with Crippen LogP contribution in [0, 0.1) is 5.92 Å². The quantitative estimate of drug-likeness (QED) is 0.583. The van der Waals surface area contributed by atoms with Crippen molar-refractivity contribution >= 4 is 6.16 Å². The molecule has 0 radical (unpaired) electrons. The molecule has 0 aromatic carbocycles. The first-order chi connectivity index (χ1) is 5.11. The van der Waals surface area contributed by atoms with Gasteiger partial charge in [0.1, 0.15) is 6.10 Å². The highest BCUT2D eigenvalue weighted by Gasteiger charge is 2.33. The van der Waals surface area contributed by atoms with Crippen molar-refractivity contribution in [1.29, 1.82) is 0 Å². The summed E-state index contributed by atoms with van der Waals surface area (Å²) in [6.07, 6.45) is -1.42. The molecule has 0 aromatic heterocycles. The van der Waals surface area contributed by atoms with E-state index in [-0.39, 0.29) is 18.1 Å². The highest BCUT2D eigenvalue weighted by molar-refractivity contribution is 5.57. The number of hydrogen-bond acceptors (Lipinski definition) is 3. The van der Waals surface area contributed by atoms with E-state index in [2.05, 4.69) is 4.74 Å². The molecule has 0 saturated carbocycles. The molecule has 1 aliphatic rings.